The van der Waals surface area contributed by atoms with E-state index in [9.17, 15) is 13.6 Å². The molecule has 1 aliphatic heterocycles. The topological polar surface area (TPSA) is 75.8 Å². The lowest BCUT2D eigenvalue weighted by Crippen LogP contribution is -2.50. The van der Waals surface area contributed by atoms with Gasteiger partial charge in [0.2, 0.25) is 0 Å². The summed E-state index contributed by atoms with van der Waals surface area (Å²) in [5.74, 6) is -0.904. The lowest BCUT2D eigenvalue weighted by Gasteiger charge is -2.26. The van der Waals surface area contributed by atoms with Crippen molar-refractivity contribution in [3.05, 3.63) is 29.8 Å². The molecule has 1 aliphatic rings. The lowest BCUT2D eigenvalue weighted by molar-refractivity contribution is -0.142. The van der Waals surface area contributed by atoms with Gasteiger partial charge >= 0.3 is 12.6 Å². The maximum absolute atomic E-state index is 12.1. The average molecular weight is 300 g/mol. The number of rotatable bonds is 5. The van der Waals surface area contributed by atoms with Crippen LogP contribution in [0.3, 0.4) is 0 Å². The molecular formula is C14H18F2N2O3. The van der Waals surface area contributed by atoms with Gasteiger partial charge in [0.1, 0.15) is 11.3 Å². The maximum atomic E-state index is 12.1. The molecule has 0 bridgehead atoms. The van der Waals surface area contributed by atoms with Crippen LogP contribution in [-0.2, 0) is 4.79 Å². The van der Waals surface area contributed by atoms with Crippen LogP contribution in [0.1, 0.15) is 24.9 Å². The highest BCUT2D eigenvalue weighted by molar-refractivity contribution is 5.79. The largest absolute Gasteiger partial charge is 0.480 e. The molecule has 1 saturated heterocycles. The molecule has 0 radical (unpaired) electrons. The van der Waals surface area contributed by atoms with Gasteiger partial charge in [0, 0.05) is 19.1 Å². The molecule has 0 spiro atoms. The Balaban J connectivity index is 2.04. The first-order valence-electron chi connectivity index (χ1n) is 6.63. The average Bonchev–Trinajstić information content (AvgIpc) is 2.82. The minimum absolute atomic E-state index is 0.0459. The van der Waals surface area contributed by atoms with E-state index < -0.39 is 18.1 Å². The fraction of sp³-hybridized carbons (Fsp3) is 0.500. The van der Waals surface area contributed by atoms with Gasteiger partial charge in [0.15, 0.2) is 0 Å². The molecule has 2 unspecified atom stereocenters. The van der Waals surface area contributed by atoms with E-state index in [0.717, 1.165) is 5.56 Å². The standard InChI is InChI=1S/C14H18F2N2O3/c1-9(18-7-6-14(17,8-18)12(19)20)10-2-4-11(5-3-10)21-13(15)16/h2-5,9,13H,6-8,17H2,1H3,(H,19,20). The van der Waals surface area contributed by atoms with Crippen LogP contribution in [-0.4, -0.2) is 41.2 Å². The number of benzene rings is 1. The summed E-state index contributed by atoms with van der Waals surface area (Å²) < 4.78 is 28.5. The van der Waals surface area contributed by atoms with Crippen molar-refractivity contribution >= 4 is 5.97 Å². The van der Waals surface area contributed by atoms with E-state index in [-0.39, 0.29) is 18.3 Å². The fourth-order valence-electron chi connectivity index (χ4n) is 2.51. The summed E-state index contributed by atoms with van der Waals surface area (Å²) in [5.41, 5.74) is 5.52. The first-order valence-corrected chi connectivity index (χ1v) is 6.63. The van der Waals surface area contributed by atoms with E-state index in [2.05, 4.69) is 4.74 Å². The molecule has 1 aromatic carbocycles. The smallest absolute Gasteiger partial charge is 0.387 e. The molecule has 7 heteroatoms. The zero-order valence-electron chi connectivity index (χ0n) is 11.6. The van der Waals surface area contributed by atoms with Crippen LogP contribution in [0.5, 0.6) is 5.75 Å². The molecule has 0 aromatic heterocycles. The second-order valence-electron chi connectivity index (χ2n) is 5.31. The molecular weight excluding hydrogens is 282 g/mol. The molecule has 1 aromatic rings. The van der Waals surface area contributed by atoms with E-state index in [1.54, 1.807) is 12.1 Å². The predicted molar refractivity (Wildman–Crippen MR) is 72.2 cm³/mol. The number of halogens is 2. The maximum Gasteiger partial charge on any atom is 0.387 e. The SMILES string of the molecule is CC(c1ccc(OC(F)F)cc1)N1CCC(N)(C(=O)O)C1. The first kappa shape index (κ1) is 15.7. The molecule has 1 fully saturated rings. The second-order valence-corrected chi connectivity index (χ2v) is 5.31. The fourth-order valence-corrected chi connectivity index (χ4v) is 2.51. The molecule has 0 saturated carbocycles. The van der Waals surface area contributed by atoms with Gasteiger partial charge in [-0.05, 0) is 31.0 Å². The molecule has 3 N–H and O–H groups in total. The lowest BCUT2D eigenvalue weighted by atomic mass is 10.0. The molecule has 2 atom stereocenters. The number of alkyl halides is 2. The third-order valence-corrected chi connectivity index (χ3v) is 3.89. The number of likely N-dealkylation sites (tertiary alicyclic amines) is 1. The number of nitrogens with two attached hydrogens (primary N) is 1. The number of carboxylic acid groups (broad SMARTS) is 1. The van der Waals surface area contributed by atoms with E-state index in [0.29, 0.717) is 13.0 Å². The van der Waals surface area contributed by atoms with E-state index in [1.807, 2.05) is 11.8 Å². The molecule has 1 heterocycles. The first-order chi connectivity index (χ1) is 9.82. The Kier molecular flexibility index (Phi) is 4.43. The predicted octanol–water partition coefficient (Wildman–Crippen LogP) is 1.84. The summed E-state index contributed by atoms with van der Waals surface area (Å²) in [4.78, 5) is 13.1. The highest BCUT2D eigenvalue weighted by Gasteiger charge is 2.42. The van der Waals surface area contributed by atoms with Crippen LogP contribution in [0, 0.1) is 0 Å². The number of carbonyl (C=O) groups is 1. The van der Waals surface area contributed by atoms with Crippen LogP contribution < -0.4 is 10.5 Å². The molecule has 116 valence electrons. The summed E-state index contributed by atoms with van der Waals surface area (Å²) >= 11 is 0. The van der Waals surface area contributed by atoms with E-state index in [1.165, 1.54) is 12.1 Å². The zero-order chi connectivity index (χ0) is 15.6. The van der Waals surface area contributed by atoms with Crippen molar-refractivity contribution in [2.24, 2.45) is 5.73 Å². The number of aliphatic carboxylic acids is 1. The highest BCUT2D eigenvalue weighted by atomic mass is 19.3. The Morgan fingerprint density at radius 1 is 1.43 bits per heavy atom. The van der Waals surface area contributed by atoms with Crippen molar-refractivity contribution < 1.29 is 23.4 Å². The third kappa shape index (κ3) is 3.48. The molecule has 0 aliphatic carbocycles. The number of nitrogens with zero attached hydrogens (tertiary/aromatic N) is 1. The Hall–Kier alpha value is -1.73. The van der Waals surface area contributed by atoms with Gasteiger partial charge in [-0.25, -0.2) is 0 Å². The summed E-state index contributed by atoms with van der Waals surface area (Å²) in [6.07, 6.45) is 0.388. The summed E-state index contributed by atoms with van der Waals surface area (Å²) in [6, 6.07) is 6.29. The number of hydrogen-bond donors (Lipinski definition) is 2. The highest BCUT2D eigenvalue weighted by Crippen LogP contribution is 2.29. The van der Waals surface area contributed by atoms with Crippen molar-refractivity contribution in [1.29, 1.82) is 0 Å². The van der Waals surface area contributed by atoms with Crippen LogP contribution in [0.25, 0.3) is 0 Å². The van der Waals surface area contributed by atoms with Gasteiger partial charge in [0.25, 0.3) is 0 Å². The van der Waals surface area contributed by atoms with Crippen molar-refractivity contribution in [3.8, 4) is 5.75 Å². The molecule has 0 amide bonds. The number of carboxylic acids is 1. The second kappa shape index (κ2) is 5.95. The quantitative estimate of drug-likeness (QED) is 0.867. The van der Waals surface area contributed by atoms with Crippen molar-refractivity contribution in [1.82, 2.24) is 4.90 Å². The minimum Gasteiger partial charge on any atom is -0.480 e. The van der Waals surface area contributed by atoms with Gasteiger partial charge in [-0.1, -0.05) is 12.1 Å². The normalized spacial score (nSPS) is 24.2. The van der Waals surface area contributed by atoms with Crippen LogP contribution >= 0.6 is 0 Å². The van der Waals surface area contributed by atoms with Crippen molar-refractivity contribution in [3.63, 3.8) is 0 Å². The Labute approximate surface area is 121 Å². The van der Waals surface area contributed by atoms with Gasteiger partial charge in [-0.2, -0.15) is 8.78 Å². The Bertz CT molecular complexity index is 509. The van der Waals surface area contributed by atoms with Crippen LogP contribution in [0.15, 0.2) is 24.3 Å². The van der Waals surface area contributed by atoms with Gasteiger partial charge in [-0.15, -0.1) is 0 Å². The molecule has 21 heavy (non-hydrogen) atoms. The Morgan fingerprint density at radius 3 is 2.52 bits per heavy atom. The van der Waals surface area contributed by atoms with Gasteiger partial charge in [-0.3, -0.25) is 9.69 Å². The van der Waals surface area contributed by atoms with Crippen molar-refractivity contribution in [2.45, 2.75) is 31.5 Å². The summed E-state index contributed by atoms with van der Waals surface area (Å²) in [6.45, 7) is -0.0745. The summed E-state index contributed by atoms with van der Waals surface area (Å²) in [7, 11) is 0. The van der Waals surface area contributed by atoms with Gasteiger partial charge < -0.3 is 15.6 Å². The number of ether oxygens (including phenoxy) is 1. The van der Waals surface area contributed by atoms with Crippen LogP contribution in [0.4, 0.5) is 8.78 Å². The third-order valence-electron chi connectivity index (χ3n) is 3.89. The van der Waals surface area contributed by atoms with Gasteiger partial charge in [0.05, 0.1) is 0 Å². The monoisotopic (exact) mass is 300 g/mol. The van der Waals surface area contributed by atoms with E-state index >= 15 is 0 Å². The van der Waals surface area contributed by atoms with Crippen molar-refractivity contribution in [2.75, 3.05) is 13.1 Å². The van der Waals surface area contributed by atoms with Crippen LogP contribution in [0.2, 0.25) is 0 Å². The molecule has 5 nitrogen and oxygen atoms in total. The molecule has 2 rings (SSSR count). The number of hydrogen-bond acceptors (Lipinski definition) is 4. The Morgan fingerprint density at radius 2 is 2.05 bits per heavy atom. The summed E-state index contributed by atoms with van der Waals surface area (Å²) in [5, 5.41) is 9.12. The van der Waals surface area contributed by atoms with E-state index in [4.69, 9.17) is 10.8 Å². The minimum atomic E-state index is -2.85. The zero-order valence-corrected chi connectivity index (χ0v) is 11.6.